The van der Waals surface area contributed by atoms with E-state index in [0.29, 0.717) is 13.1 Å². The minimum atomic E-state index is -4.43. The molecule has 0 spiro atoms. The van der Waals surface area contributed by atoms with Crippen molar-refractivity contribution in [2.75, 3.05) is 13.1 Å². The summed E-state index contributed by atoms with van der Waals surface area (Å²) in [5, 5.41) is 10.5. The molecule has 0 amide bonds. The largest absolute Gasteiger partial charge is 0.405 e. The van der Waals surface area contributed by atoms with E-state index in [1.54, 1.807) is 16.2 Å². The zero-order valence-electron chi connectivity index (χ0n) is 9.00. The first-order chi connectivity index (χ1) is 8.00. The molecule has 1 atom stereocenters. The normalized spacial score (nSPS) is 18.5. The minimum Gasteiger partial charge on any atom is -0.297 e. The third kappa shape index (κ3) is 2.79. The van der Waals surface area contributed by atoms with E-state index in [1.807, 2.05) is 11.4 Å². The highest BCUT2D eigenvalue weighted by molar-refractivity contribution is 7.10. The highest BCUT2D eigenvalue weighted by Gasteiger charge is 2.41. The molecule has 0 bridgehead atoms. The van der Waals surface area contributed by atoms with Crippen molar-refractivity contribution < 1.29 is 13.2 Å². The summed E-state index contributed by atoms with van der Waals surface area (Å²) in [5.41, 5.74) is 1.10. The average Bonchev–Trinajstić information content (AvgIpc) is 2.71. The van der Waals surface area contributed by atoms with Crippen LogP contribution in [0.15, 0.2) is 11.4 Å². The summed E-state index contributed by atoms with van der Waals surface area (Å²) in [7, 11) is 0. The number of nitriles is 1. The van der Waals surface area contributed by atoms with Crippen LogP contribution in [0.5, 0.6) is 0 Å². The van der Waals surface area contributed by atoms with Crippen LogP contribution in [0, 0.1) is 17.2 Å². The molecule has 2 heterocycles. The van der Waals surface area contributed by atoms with Crippen LogP contribution in [-0.2, 0) is 13.0 Å². The fourth-order valence-electron chi connectivity index (χ4n) is 1.94. The second kappa shape index (κ2) is 4.67. The Hall–Kier alpha value is -1.06. The van der Waals surface area contributed by atoms with E-state index in [9.17, 15) is 13.2 Å². The first-order valence-electron chi connectivity index (χ1n) is 5.24. The Kier molecular flexibility index (Phi) is 3.40. The molecule has 0 N–H and O–H groups in total. The van der Waals surface area contributed by atoms with Crippen molar-refractivity contribution in [1.29, 1.82) is 5.26 Å². The molecule has 0 aliphatic carbocycles. The topological polar surface area (TPSA) is 27.0 Å². The van der Waals surface area contributed by atoms with Gasteiger partial charge in [-0.15, -0.1) is 11.3 Å². The fraction of sp³-hybridized carbons (Fsp3) is 0.545. The van der Waals surface area contributed by atoms with E-state index in [2.05, 4.69) is 0 Å². The Morgan fingerprint density at radius 1 is 1.53 bits per heavy atom. The number of thiophene rings is 1. The minimum absolute atomic E-state index is 0.227. The quantitative estimate of drug-likeness (QED) is 0.817. The van der Waals surface area contributed by atoms with E-state index < -0.39 is 12.1 Å². The molecule has 6 heteroatoms. The SMILES string of the molecule is N#CC(CN1CCc2sccc2C1)C(F)(F)F. The molecule has 0 saturated heterocycles. The van der Waals surface area contributed by atoms with Crippen molar-refractivity contribution in [2.24, 2.45) is 5.92 Å². The predicted molar refractivity (Wildman–Crippen MR) is 58.5 cm³/mol. The molecule has 0 saturated carbocycles. The van der Waals surface area contributed by atoms with Crippen molar-refractivity contribution in [1.82, 2.24) is 4.90 Å². The van der Waals surface area contributed by atoms with E-state index in [4.69, 9.17) is 5.26 Å². The Labute approximate surface area is 101 Å². The molecule has 2 nitrogen and oxygen atoms in total. The van der Waals surface area contributed by atoms with Gasteiger partial charge < -0.3 is 0 Å². The molecule has 1 aliphatic heterocycles. The maximum atomic E-state index is 12.5. The van der Waals surface area contributed by atoms with Crippen molar-refractivity contribution in [3.05, 3.63) is 21.9 Å². The number of hydrogen-bond donors (Lipinski definition) is 0. The predicted octanol–water partition coefficient (Wildman–Crippen LogP) is 2.81. The lowest BCUT2D eigenvalue weighted by atomic mass is 10.1. The van der Waals surface area contributed by atoms with E-state index in [-0.39, 0.29) is 6.54 Å². The third-order valence-corrected chi connectivity index (χ3v) is 3.90. The average molecular weight is 260 g/mol. The van der Waals surface area contributed by atoms with Crippen LogP contribution in [0.4, 0.5) is 13.2 Å². The molecule has 1 aromatic rings. The smallest absolute Gasteiger partial charge is 0.297 e. The number of rotatable bonds is 2. The molecule has 17 heavy (non-hydrogen) atoms. The molecule has 92 valence electrons. The van der Waals surface area contributed by atoms with Crippen molar-refractivity contribution in [2.45, 2.75) is 19.1 Å². The van der Waals surface area contributed by atoms with Gasteiger partial charge in [0.2, 0.25) is 0 Å². The second-order valence-electron chi connectivity index (χ2n) is 4.08. The monoisotopic (exact) mass is 260 g/mol. The van der Waals surface area contributed by atoms with Gasteiger partial charge in [-0.25, -0.2) is 0 Å². The van der Waals surface area contributed by atoms with Gasteiger partial charge in [0.15, 0.2) is 5.92 Å². The Morgan fingerprint density at radius 2 is 2.29 bits per heavy atom. The van der Waals surface area contributed by atoms with Gasteiger partial charge >= 0.3 is 6.18 Å². The highest BCUT2D eigenvalue weighted by Crippen LogP contribution is 2.29. The number of halogens is 3. The number of fused-ring (bicyclic) bond motifs is 1. The zero-order valence-corrected chi connectivity index (χ0v) is 9.81. The first-order valence-corrected chi connectivity index (χ1v) is 6.12. The van der Waals surface area contributed by atoms with Gasteiger partial charge in [0.1, 0.15) is 0 Å². The van der Waals surface area contributed by atoms with E-state index in [0.717, 1.165) is 12.0 Å². The Morgan fingerprint density at radius 3 is 2.94 bits per heavy atom. The van der Waals surface area contributed by atoms with Crippen LogP contribution in [-0.4, -0.2) is 24.2 Å². The van der Waals surface area contributed by atoms with Gasteiger partial charge in [-0.1, -0.05) is 0 Å². The maximum absolute atomic E-state index is 12.5. The fourth-order valence-corrected chi connectivity index (χ4v) is 2.83. The Balaban J connectivity index is 2.00. The summed E-state index contributed by atoms with van der Waals surface area (Å²) in [6.07, 6.45) is -3.65. The van der Waals surface area contributed by atoms with Crippen molar-refractivity contribution >= 4 is 11.3 Å². The molecule has 0 aromatic carbocycles. The van der Waals surface area contributed by atoms with Gasteiger partial charge in [-0.05, 0) is 23.4 Å². The summed E-state index contributed by atoms with van der Waals surface area (Å²) < 4.78 is 37.4. The van der Waals surface area contributed by atoms with Gasteiger partial charge in [-0.2, -0.15) is 18.4 Å². The molecular formula is C11H11F3N2S. The lowest BCUT2D eigenvalue weighted by molar-refractivity contribution is -0.163. The molecule has 0 radical (unpaired) electrons. The first kappa shape index (κ1) is 12.4. The number of hydrogen-bond acceptors (Lipinski definition) is 3. The second-order valence-corrected chi connectivity index (χ2v) is 5.08. The van der Waals surface area contributed by atoms with Crippen LogP contribution in [0.3, 0.4) is 0 Å². The highest BCUT2D eigenvalue weighted by atomic mass is 32.1. The lowest BCUT2D eigenvalue weighted by Crippen LogP contribution is -2.38. The third-order valence-electron chi connectivity index (χ3n) is 2.88. The summed E-state index contributed by atoms with van der Waals surface area (Å²) >= 11 is 1.64. The molecule has 0 fully saturated rings. The van der Waals surface area contributed by atoms with Gasteiger partial charge in [-0.3, -0.25) is 4.90 Å². The molecular weight excluding hydrogens is 249 g/mol. The van der Waals surface area contributed by atoms with Crippen LogP contribution < -0.4 is 0 Å². The lowest BCUT2D eigenvalue weighted by Gasteiger charge is -2.28. The van der Waals surface area contributed by atoms with E-state index in [1.165, 1.54) is 10.9 Å². The van der Waals surface area contributed by atoms with E-state index >= 15 is 0 Å². The van der Waals surface area contributed by atoms with Crippen LogP contribution in [0.2, 0.25) is 0 Å². The van der Waals surface area contributed by atoms with Gasteiger partial charge in [0.05, 0.1) is 6.07 Å². The summed E-state index contributed by atoms with van der Waals surface area (Å²) in [6, 6.07) is 3.29. The van der Waals surface area contributed by atoms with Crippen LogP contribution in [0.1, 0.15) is 10.4 Å². The molecule has 2 rings (SSSR count). The summed E-state index contributed by atoms with van der Waals surface area (Å²) in [6.45, 7) is 0.893. The van der Waals surface area contributed by atoms with Crippen LogP contribution in [0.25, 0.3) is 0 Å². The van der Waals surface area contributed by atoms with Crippen molar-refractivity contribution in [3.63, 3.8) is 0 Å². The van der Waals surface area contributed by atoms with Gasteiger partial charge in [0, 0.05) is 24.5 Å². The Bertz CT molecular complexity index is 433. The number of alkyl halides is 3. The van der Waals surface area contributed by atoms with Crippen molar-refractivity contribution in [3.8, 4) is 6.07 Å². The summed E-state index contributed by atoms with van der Waals surface area (Å²) in [5.74, 6) is -1.89. The standard InChI is InChI=1S/C11H11F3N2S/c12-11(13,14)9(5-15)7-16-3-1-10-8(6-16)2-4-17-10/h2,4,9H,1,3,6-7H2. The molecule has 1 unspecified atom stereocenters. The molecule has 1 aliphatic rings. The zero-order chi connectivity index (χ0) is 12.5. The van der Waals surface area contributed by atoms with Crippen LogP contribution >= 0.6 is 11.3 Å². The number of nitrogens with zero attached hydrogens (tertiary/aromatic N) is 2. The molecule has 1 aromatic heterocycles. The van der Waals surface area contributed by atoms with Gasteiger partial charge in [0.25, 0.3) is 0 Å². The maximum Gasteiger partial charge on any atom is 0.405 e. The summed E-state index contributed by atoms with van der Waals surface area (Å²) in [4.78, 5) is 2.96.